The van der Waals surface area contributed by atoms with E-state index in [1.165, 1.54) is 10.3 Å². The topological polar surface area (TPSA) is 24.9 Å². The molecule has 3 rings (SSSR count). The van der Waals surface area contributed by atoms with Gasteiger partial charge in [0.25, 0.3) is 0 Å². The van der Waals surface area contributed by atoms with Crippen LogP contribution >= 0.6 is 45.5 Å². The van der Waals surface area contributed by atoms with Crippen molar-refractivity contribution in [1.82, 2.24) is 4.98 Å². The molecule has 1 heterocycles. The molecule has 0 aliphatic carbocycles. The van der Waals surface area contributed by atoms with Crippen LogP contribution < -0.4 is 5.32 Å². The lowest BCUT2D eigenvalue weighted by Crippen LogP contribution is -1.90. The van der Waals surface area contributed by atoms with E-state index in [1.54, 1.807) is 11.3 Å². The molecule has 0 saturated carbocycles. The van der Waals surface area contributed by atoms with Crippen LogP contribution in [0.15, 0.2) is 36.4 Å². The van der Waals surface area contributed by atoms with Crippen molar-refractivity contribution in [1.29, 1.82) is 0 Å². The Labute approximate surface area is 134 Å². The number of benzene rings is 2. The van der Waals surface area contributed by atoms with Crippen molar-refractivity contribution in [3.05, 3.63) is 50.6 Å². The summed E-state index contributed by atoms with van der Waals surface area (Å²) < 4.78 is 2.30. The molecule has 0 spiro atoms. The van der Waals surface area contributed by atoms with Crippen molar-refractivity contribution < 1.29 is 0 Å². The SMILES string of the molecule is Cc1ccc2nc(Nc3ccc(I)cc3Cl)sc2c1. The van der Waals surface area contributed by atoms with Crippen molar-refractivity contribution >= 4 is 66.6 Å². The van der Waals surface area contributed by atoms with Gasteiger partial charge < -0.3 is 5.32 Å². The van der Waals surface area contributed by atoms with Crippen LogP contribution in [0.2, 0.25) is 5.02 Å². The first-order valence-electron chi connectivity index (χ1n) is 5.71. The number of aromatic nitrogens is 1. The molecule has 0 saturated heterocycles. The maximum absolute atomic E-state index is 6.21. The van der Waals surface area contributed by atoms with Gasteiger partial charge in [0.2, 0.25) is 0 Å². The second-order valence-corrected chi connectivity index (χ2v) is 6.92. The number of nitrogens with zero attached hydrogens (tertiary/aromatic N) is 1. The zero-order valence-corrected chi connectivity index (χ0v) is 13.8. The third kappa shape index (κ3) is 2.85. The summed E-state index contributed by atoms with van der Waals surface area (Å²) in [4.78, 5) is 4.56. The predicted molar refractivity (Wildman–Crippen MR) is 91.8 cm³/mol. The minimum absolute atomic E-state index is 0.710. The van der Waals surface area contributed by atoms with E-state index >= 15 is 0 Å². The predicted octanol–water partition coefficient (Wildman–Crippen LogP) is 5.61. The molecule has 0 aliphatic heterocycles. The Morgan fingerprint density at radius 2 is 2.05 bits per heavy atom. The first-order chi connectivity index (χ1) is 9.11. The van der Waals surface area contributed by atoms with Crippen LogP contribution in [0.25, 0.3) is 10.2 Å². The highest BCUT2D eigenvalue weighted by Gasteiger charge is 2.06. The Hall–Kier alpha value is -0.850. The number of hydrogen-bond acceptors (Lipinski definition) is 3. The lowest BCUT2D eigenvalue weighted by atomic mass is 10.2. The van der Waals surface area contributed by atoms with E-state index in [2.05, 4.69) is 51.9 Å². The van der Waals surface area contributed by atoms with Gasteiger partial charge in [-0.3, -0.25) is 0 Å². The quantitative estimate of drug-likeness (QED) is 0.566. The van der Waals surface area contributed by atoms with E-state index in [-0.39, 0.29) is 0 Å². The van der Waals surface area contributed by atoms with E-state index in [0.717, 1.165) is 19.9 Å². The lowest BCUT2D eigenvalue weighted by molar-refractivity contribution is 1.43. The monoisotopic (exact) mass is 400 g/mol. The number of nitrogens with one attached hydrogen (secondary N) is 1. The normalized spacial score (nSPS) is 10.9. The number of rotatable bonds is 2. The van der Waals surface area contributed by atoms with Gasteiger partial charge in [-0.15, -0.1) is 0 Å². The fourth-order valence-electron chi connectivity index (χ4n) is 1.79. The molecule has 3 aromatic rings. The van der Waals surface area contributed by atoms with E-state index < -0.39 is 0 Å². The highest BCUT2D eigenvalue weighted by atomic mass is 127. The molecule has 1 N–H and O–H groups in total. The van der Waals surface area contributed by atoms with Crippen molar-refractivity contribution in [2.24, 2.45) is 0 Å². The summed E-state index contributed by atoms with van der Waals surface area (Å²) in [6.45, 7) is 2.09. The smallest absolute Gasteiger partial charge is 0.188 e. The third-order valence-electron chi connectivity index (χ3n) is 2.72. The van der Waals surface area contributed by atoms with Crippen LogP contribution in [0.4, 0.5) is 10.8 Å². The molecule has 0 radical (unpaired) electrons. The summed E-state index contributed by atoms with van der Waals surface area (Å²) in [6, 6.07) is 12.2. The molecular weight excluding hydrogens is 391 g/mol. The Morgan fingerprint density at radius 3 is 2.84 bits per heavy atom. The van der Waals surface area contributed by atoms with Gasteiger partial charge in [0.1, 0.15) is 0 Å². The van der Waals surface area contributed by atoms with Gasteiger partial charge in [0, 0.05) is 3.57 Å². The Morgan fingerprint density at radius 1 is 1.21 bits per heavy atom. The van der Waals surface area contributed by atoms with Crippen molar-refractivity contribution in [2.45, 2.75) is 6.92 Å². The largest absolute Gasteiger partial charge is 0.330 e. The van der Waals surface area contributed by atoms with E-state index in [9.17, 15) is 0 Å². The van der Waals surface area contributed by atoms with Crippen LogP contribution in [-0.2, 0) is 0 Å². The number of anilines is 2. The van der Waals surface area contributed by atoms with Gasteiger partial charge in [0.15, 0.2) is 5.13 Å². The summed E-state index contributed by atoms with van der Waals surface area (Å²) in [5.41, 5.74) is 3.15. The molecule has 19 heavy (non-hydrogen) atoms. The zero-order valence-electron chi connectivity index (χ0n) is 10.1. The number of aryl methyl sites for hydroxylation is 1. The summed E-state index contributed by atoms with van der Waals surface area (Å²) in [5, 5.41) is 4.86. The number of halogens is 2. The van der Waals surface area contributed by atoms with Crippen molar-refractivity contribution in [2.75, 3.05) is 5.32 Å². The molecule has 2 nitrogen and oxygen atoms in total. The van der Waals surface area contributed by atoms with E-state index in [0.29, 0.717) is 5.02 Å². The van der Waals surface area contributed by atoms with Gasteiger partial charge in [-0.25, -0.2) is 4.98 Å². The molecule has 1 aromatic heterocycles. The molecule has 0 unspecified atom stereocenters. The fraction of sp³-hybridized carbons (Fsp3) is 0.0714. The molecule has 0 atom stereocenters. The molecule has 0 aliphatic rings. The first-order valence-corrected chi connectivity index (χ1v) is 7.98. The molecule has 0 fully saturated rings. The van der Waals surface area contributed by atoms with Crippen molar-refractivity contribution in [3.8, 4) is 0 Å². The van der Waals surface area contributed by atoms with Crippen LogP contribution in [0.1, 0.15) is 5.56 Å². The van der Waals surface area contributed by atoms with Gasteiger partial charge in [-0.05, 0) is 65.4 Å². The first kappa shape index (κ1) is 13.1. The fourth-order valence-corrected chi connectivity index (χ4v) is 3.67. The van der Waals surface area contributed by atoms with Gasteiger partial charge in [-0.2, -0.15) is 0 Å². The van der Waals surface area contributed by atoms with Crippen molar-refractivity contribution in [3.63, 3.8) is 0 Å². The van der Waals surface area contributed by atoms with Gasteiger partial charge >= 0.3 is 0 Å². The van der Waals surface area contributed by atoms with E-state index in [4.69, 9.17) is 11.6 Å². The minimum Gasteiger partial charge on any atom is -0.330 e. The second kappa shape index (κ2) is 5.26. The average Bonchev–Trinajstić information content (AvgIpc) is 2.74. The third-order valence-corrected chi connectivity index (χ3v) is 4.63. The molecule has 2 aromatic carbocycles. The summed E-state index contributed by atoms with van der Waals surface area (Å²) in [5.74, 6) is 0. The number of thiazole rings is 1. The van der Waals surface area contributed by atoms with Crippen LogP contribution in [0.3, 0.4) is 0 Å². The maximum Gasteiger partial charge on any atom is 0.188 e. The van der Waals surface area contributed by atoms with Gasteiger partial charge in [0.05, 0.1) is 20.9 Å². The Bertz CT molecular complexity index is 754. The molecular formula is C14H10ClIN2S. The molecule has 96 valence electrons. The maximum atomic E-state index is 6.21. The minimum atomic E-state index is 0.710. The standard InChI is InChI=1S/C14H10ClIN2S/c1-8-2-4-12-13(6-8)19-14(18-12)17-11-5-3-9(16)7-10(11)15/h2-7H,1H3,(H,17,18). The highest BCUT2D eigenvalue weighted by Crippen LogP contribution is 2.32. The van der Waals surface area contributed by atoms with Crippen LogP contribution in [-0.4, -0.2) is 4.98 Å². The van der Waals surface area contributed by atoms with E-state index in [1.807, 2.05) is 24.3 Å². The second-order valence-electron chi connectivity index (χ2n) is 4.24. The average molecular weight is 401 g/mol. The summed E-state index contributed by atoms with van der Waals surface area (Å²) in [6.07, 6.45) is 0. The molecule has 5 heteroatoms. The zero-order chi connectivity index (χ0) is 13.4. The number of hydrogen-bond donors (Lipinski definition) is 1. The number of fused-ring (bicyclic) bond motifs is 1. The summed E-state index contributed by atoms with van der Waals surface area (Å²) in [7, 11) is 0. The lowest BCUT2D eigenvalue weighted by Gasteiger charge is -2.04. The summed E-state index contributed by atoms with van der Waals surface area (Å²) >= 11 is 10.1. The van der Waals surface area contributed by atoms with Crippen LogP contribution in [0.5, 0.6) is 0 Å². The molecule has 0 amide bonds. The van der Waals surface area contributed by atoms with Gasteiger partial charge in [-0.1, -0.05) is 29.0 Å². The Kier molecular flexibility index (Phi) is 3.64. The molecule has 0 bridgehead atoms. The Balaban J connectivity index is 1.96. The van der Waals surface area contributed by atoms with Crippen LogP contribution in [0, 0.1) is 10.5 Å². The highest BCUT2D eigenvalue weighted by molar-refractivity contribution is 14.1.